The molecular formula is C28H24N2O7. The SMILES string of the molecule is COCCC(NC(=O)OCC1c2ccccc2-c2ccccc21)C(=O)ON1C(=O)c2ccccc2C1=O. The van der Waals surface area contributed by atoms with E-state index < -0.39 is 29.9 Å². The topological polar surface area (TPSA) is 111 Å². The maximum Gasteiger partial charge on any atom is 0.407 e. The van der Waals surface area contributed by atoms with Crippen molar-refractivity contribution in [2.45, 2.75) is 18.4 Å². The Hall–Kier alpha value is -4.50. The summed E-state index contributed by atoms with van der Waals surface area (Å²) in [7, 11) is 1.44. The van der Waals surface area contributed by atoms with E-state index in [4.69, 9.17) is 14.3 Å². The number of hydrogen-bond acceptors (Lipinski definition) is 7. The standard InChI is InChI=1S/C28H24N2O7/c1-35-15-14-24(27(33)37-30-25(31)21-12-6-7-13-22(21)26(30)32)29-28(34)36-16-23-19-10-4-2-8-17(19)18-9-3-5-11-20(18)23/h2-13,23-24H,14-16H2,1H3,(H,29,34). The van der Waals surface area contributed by atoms with Gasteiger partial charge in [0.05, 0.1) is 11.1 Å². The zero-order valence-corrected chi connectivity index (χ0v) is 20.0. The lowest BCUT2D eigenvalue weighted by molar-refractivity contribution is -0.171. The highest BCUT2D eigenvalue weighted by atomic mass is 16.7. The quantitative estimate of drug-likeness (QED) is 0.470. The fraction of sp³-hybridized carbons (Fsp3) is 0.214. The number of hydroxylamine groups is 2. The second-order valence-corrected chi connectivity index (χ2v) is 8.66. The highest BCUT2D eigenvalue weighted by Crippen LogP contribution is 2.44. The number of benzene rings is 3. The monoisotopic (exact) mass is 500 g/mol. The first-order valence-corrected chi connectivity index (χ1v) is 11.8. The second kappa shape index (κ2) is 10.2. The van der Waals surface area contributed by atoms with Gasteiger partial charge in [-0.15, -0.1) is 0 Å². The number of carbonyl (C=O) groups excluding carboxylic acids is 4. The first-order valence-electron chi connectivity index (χ1n) is 11.8. The summed E-state index contributed by atoms with van der Waals surface area (Å²) in [5.74, 6) is -2.64. The molecule has 9 nitrogen and oxygen atoms in total. The molecule has 1 aliphatic carbocycles. The van der Waals surface area contributed by atoms with Gasteiger partial charge >= 0.3 is 12.1 Å². The van der Waals surface area contributed by atoms with Crippen molar-refractivity contribution in [3.8, 4) is 11.1 Å². The molecule has 0 bridgehead atoms. The molecule has 1 unspecified atom stereocenters. The molecule has 1 heterocycles. The molecule has 5 rings (SSSR count). The van der Waals surface area contributed by atoms with E-state index >= 15 is 0 Å². The molecule has 0 radical (unpaired) electrons. The van der Waals surface area contributed by atoms with Gasteiger partial charge in [-0.1, -0.05) is 65.7 Å². The van der Waals surface area contributed by atoms with Crippen LogP contribution in [0.5, 0.6) is 0 Å². The zero-order valence-electron chi connectivity index (χ0n) is 20.0. The Kier molecular flexibility index (Phi) is 6.70. The number of nitrogens with zero attached hydrogens (tertiary/aromatic N) is 1. The molecule has 1 N–H and O–H groups in total. The van der Waals surface area contributed by atoms with Crippen LogP contribution in [0.3, 0.4) is 0 Å². The number of methoxy groups -OCH3 is 1. The third-order valence-corrected chi connectivity index (χ3v) is 6.47. The first-order chi connectivity index (χ1) is 18.0. The second-order valence-electron chi connectivity index (χ2n) is 8.66. The van der Waals surface area contributed by atoms with Crippen molar-refractivity contribution in [1.29, 1.82) is 0 Å². The highest BCUT2D eigenvalue weighted by Gasteiger charge is 2.40. The molecule has 0 saturated carbocycles. The predicted molar refractivity (Wildman–Crippen MR) is 132 cm³/mol. The molecule has 1 atom stereocenters. The Morgan fingerprint density at radius 1 is 0.838 bits per heavy atom. The van der Waals surface area contributed by atoms with E-state index in [1.165, 1.54) is 19.2 Å². The van der Waals surface area contributed by atoms with Gasteiger partial charge in [-0.2, -0.15) is 0 Å². The molecule has 3 aromatic rings. The van der Waals surface area contributed by atoms with Gasteiger partial charge in [-0.05, 0) is 34.4 Å². The van der Waals surface area contributed by atoms with Crippen molar-refractivity contribution in [3.63, 3.8) is 0 Å². The van der Waals surface area contributed by atoms with Gasteiger partial charge in [0.25, 0.3) is 11.8 Å². The molecule has 0 spiro atoms. The maximum absolute atomic E-state index is 12.9. The summed E-state index contributed by atoms with van der Waals surface area (Å²) in [5, 5.41) is 2.89. The van der Waals surface area contributed by atoms with Crippen LogP contribution in [-0.2, 0) is 19.1 Å². The van der Waals surface area contributed by atoms with E-state index in [-0.39, 0.29) is 36.7 Å². The van der Waals surface area contributed by atoms with E-state index in [0.29, 0.717) is 5.06 Å². The van der Waals surface area contributed by atoms with Crippen LogP contribution >= 0.6 is 0 Å². The lowest BCUT2D eigenvalue weighted by Crippen LogP contribution is -2.46. The van der Waals surface area contributed by atoms with Crippen molar-refractivity contribution >= 4 is 23.9 Å². The Morgan fingerprint density at radius 3 is 1.89 bits per heavy atom. The van der Waals surface area contributed by atoms with Crippen LogP contribution in [0.2, 0.25) is 0 Å². The molecule has 3 aromatic carbocycles. The fourth-order valence-corrected chi connectivity index (χ4v) is 4.67. The summed E-state index contributed by atoms with van der Waals surface area (Å²) in [6.45, 7) is 0.176. The van der Waals surface area contributed by atoms with E-state index in [0.717, 1.165) is 22.3 Å². The largest absolute Gasteiger partial charge is 0.449 e. The molecule has 0 fully saturated rings. The minimum absolute atomic E-state index is 0.0443. The van der Waals surface area contributed by atoms with Gasteiger partial charge in [-0.25, -0.2) is 9.59 Å². The number of alkyl carbamates (subject to hydrolysis) is 1. The van der Waals surface area contributed by atoms with Gasteiger partial charge in [0.2, 0.25) is 0 Å². The number of rotatable bonds is 8. The van der Waals surface area contributed by atoms with Crippen LogP contribution in [0.4, 0.5) is 4.79 Å². The average Bonchev–Trinajstić information content (AvgIpc) is 3.37. The molecule has 0 saturated heterocycles. The fourth-order valence-electron chi connectivity index (χ4n) is 4.67. The number of hydrogen-bond donors (Lipinski definition) is 1. The van der Waals surface area contributed by atoms with E-state index in [2.05, 4.69) is 5.32 Å². The average molecular weight is 501 g/mol. The molecule has 3 amide bonds. The molecule has 9 heteroatoms. The first kappa shape index (κ1) is 24.2. The summed E-state index contributed by atoms with van der Waals surface area (Å²) < 4.78 is 10.6. The minimum Gasteiger partial charge on any atom is -0.449 e. The third-order valence-electron chi connectivity index (χ3n) is 6.47. The Bertz CT molecular complexity index is 1310. The molecule has 37 heavy (non-hydrogen) atoms. The van der Waals surface area contributed by atoms with Crippen LogP contribution < -0.4 is 5.32 Å². The molecule has 188 valence electrons. The van der Waals surface area contributed by atoms with Crippen LogP contribution in [0, 0.1) is 0 Å². The summed E-state index contributed by atoms with van der Waals surface area (Å²) in [6, 6.07) is 20.8. The van der Waals surface area contributed by atoms with Crippen molar-refractivity contribution in [2.24, 2.45) is 0 Å². The number of fused-ring (bicyclic) bond motifs is 4. The van der Waals surface area contributed by atoms with Gasteiger partial charge in [-0.3, -0.25) is 9.59 Å². The van der Waals surface area contributed by atoms with Crippen molar-refractivity contribution < 1.29 is 33.5 Å². The van der Waals surface area contributed by atoms with E-state index in [9.17, 15) is 19.2 Å². The zero-order chi connectivity index (χ0) is 25.9. The minimum atomic E-state index is -1.21. The summed E-state index contributed by atoms with van der Waals surface area (Å²) in [5.41, 5.74) is 4.57. The van der Waals surface area contributed by atoms with Gasteiger partial charge in [0, 0.05) is 26.1 Å². The summed E-state index contributed by atoms with van der Waals surface area (Å²) in [6.07, 6.45) is -0.787. The van der Waals surface area contributed by atoms with Crippen molar-refractivity contribution in [3.05, 3.63) is 95.1 Å². The van der Waals surface area contributed by atoms with Crippen LogP contribution in [0.15, 0.2) is 72.8 Å². The lowest BCUT2D eigenvalue weighted by Gasteiger charge is -2.20. The normalized spacial score (nSPS) is 14.6. The van der Waals surface area contributed by atoms with E-state index in [1.54, 1.807) is 12.1 Å². The Morgan fingerprint density at radius 2 is 1.35 bits per heavy atom. The number of amides is 3. The Labute approximate surface area is 212 Å². The molecule has 0 aromatic heterocycles. The van der Waals surface area contributed by atoms with Gasteiger partial charge in [0.15, 0.2) is 0 Å². The van der Waals surface area contributed by atoms with Crippen molar-refractivity contribution in [2.75, 3.05) is 20.3 Å². The highest BCUT2D eigenvalue weighted by molar-refractivity contribution is 6.20. The van der Waals surface area contributed by atoms with Gasteiger partial charge in [0.1, 0.15) is 12.6 Å². The van der Waals surface area contributed by atoms with Crippen LogP contribution in [0.1, 0.15) is 44.2 Å². The third kappa shape index (κ3) is 4.56. The molecule has 2 aliphatic rings. The van der Waals surface area contributed by atoms with Gasteiger partial charge < -0.3 is 19.6 Å². The lowest BCUT2D eigenvalue weighted by atomic mass is 9.98. The summed E-state index contributed by atoms with van der Waals surface area (Å²) >= 11 is 0. The molecule has 1 aliphatic heterocycles. The number of carbonyl (C=O) groups is 4. The Balaban J connectivity index is 1.25. The van der Waals surface area contributed by atoms with E-state index in [1.807, 2.05) is 48.5 Å². The smallest absolute Gasteiger partial charge is 0.407 e. The number of ether oxygens (including phenoxy) is 2. The molecular weight excluding hydrogens is 476 g/mol. The maximum atomic E-state index is 12.9. The predicted octanol–water partition coefficient (Wildman–Crippen LogP) is 3.68. The van der Waals surface area contributed by atoms with Crippen LogP contribution in [0.25, 0.3) is 11.1 Å². The number of imide groups is 1. The number of nitrogens with one attached hydrogen (secondary N) is 1. The summed E-state index contributed by atoms with van der Waals surface area (Å²) in [4.78, 5) is 55.8. The van der Waals surface area contributed by atoms with Crippen LogP contribution in [-0.4, -0.2) is 55.3 Å². The van der Waals surface area contributed by atoms with Crippen molar-refractivity contribution in [1.82, 2.24) is 10.4 Å².